The van der Waals surface area contributed by atoms with Crippen molar-refractivity contribution >= 4 is 21.6 Å². The standard InChI is InChI=1S/C11H14N2O4S2/c12-6-9(13(15)16)2-1-5-17-8-11-4-3-10(7-14)18-19-11/h1-4,6,14H,5,7-8,12H2/b2-1-,9-6+. The smallest absolute Gasteiger partial charge is 0.284 e. The van der Waals surface area contributed by atoms with Gasteiger partial charge in [-0.15, -0.1) is 0 Å². The molecule has 1 rings (SSSR count). The van der Waals surface area contributed by atoms with Crippen molar-refractivity contribution in [3.05, 3.63) is 56.1 Å². The van der Waals surface area contributed by atoms with Gasteiger partial charge in [0.25, 0.3) is 5.70 Å². The van der Waals surface area contributed by atoms with Crippen LogP contribution in [0.5, 0.6) is 0 Å². The number of nitrogens with zero attached hydrogens (tertiary/aromatic N) is 1. The fraction of sp³-hybridized carbons (Fsp3) is 0.273. The van der Waals surface area contributed by atoms with Crippen molar-refractivity contribution < 1.29 is 14.8 Å². The van der Waals surface area contributed by atoms with Gasteiger partial charge in [0.05, 0.1) is 30.9 Å². The summed E-state index contributed by atoms with van der Waals surface area (Å²) < 4.78 is 5.34. The van der Waals surface area contributed by atoms with Gasteiger partial charge in [-0.25, -0.2) is 0 Å². The van der Waals surface area contributed by atoms with E-state index >= 15 is 0 Å². The largest absolute Gasteiger partial charge is 0.399 e. The van der Waals surface area contributed by atoms with Gasteiger partial charge < -0.3 is 15.6 Å². The van der Waals surface area contributed by atoms with E-state index in [4.69, 9.17) is 15.6 Å². The summed E-state index contributed by atoms with van der Waals surface area (Å²) in [6, 6.07) is 0. The zero-order chi connectivity index (χ0) is 14.1. The summed E-state index contributed by atoms with van der Waals surface area (Å²) in [6.45, 7) is 0.738. The molecule has 104 valence electrons. The van der Waals surface area contributed by atoms with Crippen LogP contribution in [-0.2, 0) is 4.74 Å². The van der Waals surface area contributed by atoms with Crippen LogP contribution in [0.15, 0.2) is 46.0 Å². The average Bonchev–Trinajstić information content (AvgIpc) is 2.43. The van der Waals surface area contributed by atoms with E-state index < -0.39 is 4.92 Å². The van der Waals surface area contributed by atoms with E-state index in [-0.39, 0.29) is 18.9 Å². The van der Waals surface area contributed by atoms with Gasteiger partial charge >= 0.3 is 0 Å². The molecule has 0 bridgehead atoms. The Balaban J connectivity index is 2.29. The molecular weight excluding hydrogens is 288 g/mol. The van der Waals surface area contributed by atoms with Crippen LogP contribution in [0.2, 0.25) is 0 Å². The highest BCUT2D eigenvalue weighted by molar-refractivity contribution is 8.79. The lowest BCUT2D eigenvalue weighted by Crippen LogP contribution is -2.00. The van der Waals surface area contributed by atoms with Crippen LogP contribution in [0.4, 0.5) is 0 Å². The predicted octanol–water partition coefficient (Wildman–Crippen LogP) is 1.79. The molecule has 0 amide bonds. The molecule has 6 nitrogen and oxygen atoms in total. The van der Waals surface area contributed by atoms with E-state index in [2.05, 4.69) is 0 Å². The van der Waals surface area contributed by atoms with Crippen LogP contribution in [0.3, 0.4) is 0 Å². The molecule has 3 N–H and O–H groups in total. The first-order valence-electron chi connectivity index (χ1n) is 5.33. The number of hydrogen-bond donors (Lipinski definition) is 2. The maximum absolute atomic E-state index is 10.4. The Morgan fingerprint density at radius 3 is 2.68 bits per heavy atom. The minimum absolute atomic E-state index is 0.0418. The van der Waals surface area contributed by atoms with Crippen molar-refractivity contribution in [2.24, 2.45) is 5.73 Å². The predicted molar refractivity (Wildman–Crippen MR) is 77.7 cm³/mol. The lowest BCUT2D eigenvalue weighted by molar-refractivity contribution is -0.419. The number of aliphatic hydroxyl groups is 1. The Hall–Kier alpha value is -1.22. The molecule has 0 aliphatic carbocycles. The maximum atomic E-state index is 10.4. The zero-order valence-electron chi connectivity index (χ0n) is 10.0. The molecule has 0 aromatic rings. The lowest BCUT2D eigenvalue weighted by atomic mass is 10.4. The normalized spacial score (nSPS) is 16.4. The van der Waals surface area contributed by atoms with Crippen LogP contribution in [0.1, 0.15) is 0 Å². The van der Waals surface area contributed by atoms with Gasteiger partial charge in [-0.1, -0.05) is 27.7 Å². The molecule has 0 saturated carbocycles. The van der Waals surface area contributed by atoms with Crippen LogP contribution < -0.4 is 5.73 Å². The van der Waals surface area contributed by atoms with Crippen molar-refractivity contribution in [2.45, 2.75) is 0 Å². The van der Waals surface area contributed by atoms with E-state index in [0.29, 0.717) is 6.61 Å². The Labute approximate surface area is 118 Å². The first-order valence-corrected chi connectivity index (χ1v) is 7.48. The van der Waals surface area contributed by atoms with Crippen LogP contribution >= 0.6 is 21.6 Å². The number of aliphatic hydroxyl groups excluding tert-OH is 1. The molecule has 0 aromatic heterocycles. The number of nitro groups is 1. The summed E-state index contributed by atoms with van der Waals surface area (Å²) in [5.74, 6) is 0. The first-order chi connectivity index (χ1) is 9.17. The lowest BCUT2D eigenvalue weighted by Gasteiger charge is -2.11. The quantitative estimate of drug-likeness (QED) is 0.243. The van der Waals surface area contributed by atoms with Gasteiger partial charge in [-0.05, 0) is 12.2 Å². The minimum Gasteiger partial charge on any atom is -0.399 e. The van der Waals surface area contributed by atoms with Gasteiger partial charge in [0.1, 0.15) is 0 Å². The Morgan fingerprint density at radius 2 is 2.16 bits per heavy atom. The minimum atomic E-state index is -0.562. The van der Waals surface area contributed by atoms with Gasteiger partial charge in [-0.2, -0.15) is 0 Å². The third kappa shape index (κ3) is 5.97. The average molecular weight is 302 g/mol. The van der Waals surface area contributed by atoms with Crippen LogP contribution in [-0.4, -0.2) is 29.9 Å². The topological polar surface area (TPSA) is 98.6 Å². The summed E-state index contributed by atoms with van der Waals surface area (Å²) in [5.41, 5.74) is 4.93. The third-order valence-corrected chi connectivity index (χ3v) is 4.56. The molecule has 1 aliphatic heterocycles. The van der Waals surface area contributed by atoms with E-state index in [1.54, 1.807) is 0 Å². The van der Waals surface area contributed by atoms with E-state index in [1.807, 2.05) is 12.2 Å². The summed E-state index contributed by atoms with van der Waals surface area (Å²) >= 11 is 0. The Morgan fingerprint density at radius 1 is 1.47 bits per heavy atom. The second-order valence-corrected chi connectivity index (χ2v) is 5.74. The molecule has 1 aliphatic rings. The third-order valence-electron chi connectivity index (χ3n) is 2.00. The van der Waals surface area contributed by atoms with Crippen LogP contribution in [0, 0.1) is 10.1 Å². The van der Waals surface area contributed by atoms with Gasteiger partial charge in [0.15, 0.2) is 0 Å². The van der Waals surface area contributed by atoms with Gasteiger partial charge in [0.2, 0.25) is 0 Å². The molecule has 0 unspecified atom stereocenters. The van der Waals surface area contributed by atoms with Crippen molar-refractivity contribution in [3.63, 3.8) is 0 Å². The van der Waals surface area contributed by atoms with Crippen molar-refractivity contribution in [3.8, 4) is 0 Å². The SMILES string of the molecule is N/C=C(\C=C/COCC1=CC=C(CO)SS1)[N+](=O)[O-]. The molecule has 0 atom stereocenters. The second kappa shape index (κ2) is 8.81. The molecule has 19 heavy (non-hydrogen) atoms. The van der Waals surface area contributed by atoms with Crippen LogP contribution in [0.25, 0.3) is 0 Å². The van der Waals surface area contributed by atoms with Gasteiger partial charge in [0, 0.05) is 15.9 Å². The highest BCUT2D eigenvalue weighted by atomic mass is 33.1. The first kappa shape index (κ1) is 15.8. The van der Waals surface area contributed by atoms with E-state index in [9.17, 15) is 10.1 Å². The monoisotopic (exact) mass is 302 g/mol. The molecule has 0 fully saturated rings. The summed E-state index contributed by atoms with van der Waals surface area (Å²) in [7, 11) is 3.02. The molecule has 0 spiro atoms. The molecule has 0 saturated heterocycles. The number of ether oxygens (including phenoxy) is 1. The molecule has 0 aromatic carbocycles. The molecule has 8 heteroatoms. The van der Waals surface area contributed by atoms with Crippen molar-refractivity contribution in [2.75, 3.05) is 19.8 Å². The molecule has 1 heterocycles. The highest BCUT2D eigenvalue weighted by Crippen LogP contribution is 2.39. The Bertz CT molecular complexity index is 444. The van der Waals surface area contributed by atoms with Crippen molar-refractivity contribution in [1.82, 2.24) is 0 Å². The Kier molecular flexibility index (Phi) is 7.34. The number of hydrogen-bond acceptors (Lipinski definition) is 7. The summed E-state index contributed by atoms with van der Waals surface area (Å²) in [4.78, 5) is 11.8. The van der Waals surface area contributed by atoms with E-state index in [0.717, 1.165) is 16.0 Å². The number of rotatable bonds is 7. The van der Waals surface area contributed by atoms with Gasteiger partial charge in [-0.3, -0.25) is 10.1 Å². The second-order valence-electron chi connectivity index (χ2n) is 3.36. The van der Waals surface area contributed by atoms with E-state index in [1.165, 1.54) is 33.7 Å². The maximum Gasteiger partial charge on any atom is 0.284 e. The number of nitrogens with two attached hydrogens (primary N) is 1. The highest BCUT2D eigenvalue weighted by Gasteiger charge is 2.07. The molecular formula is C11H14N2O4S2. The number of allylic oxidation sites excluding steroid dienone is 3. The zero-order valence-corrected chi connectivity index (χ0v) is 11.7. The van der Waals surface area contributed by atoms with Crippen molar-refractivity contribution in [1.29, 1.82) is 0 Å². The fourth-order valence-electron chi connectivity index (χ4n) is 1.07. The summed E-state index contributed by atoms with van der Waals surface area (Å²) in [5, 5.41) is 19.3. The summed E-state index contributed by atoms with van der Waals surface area (Å²) in [6.07, 6.45) is 7.52. The molecule has 0 radical (unpaired) electrons. The fourth-order valence-corrected chi connectivity index (χ4v) is 3.00.